The zero-order valence-electron chi connectivity index (χ0n) is 8.89. The van der Waals surface area contributed by atoms with E-state index in [0.717, 1.165) is 52.1 Å². The molecule has 0 rings (SSSR count). The van der Waals surface area contributed by atoms with Gasteiger partial charge in [-0.2, -0.15) is 0 Å². The first-order chi connectivity index (χ1) is 6.41. The molecule has 2 nitrogen and oxygen atoms in total. The first-order valence-corrected chi connectivity index (χ1v) is 5.36. The van der Waals surface area contributed by atoms with E-state index in [1.54, 1.807) is 0 Å². The van der Waals surface area contributed by atoms with Gasteiger partial charge >= 0.3 is 0 Å². The largest absolute Gasteiger partial charge is 0.381 e. The summed E-state index contributed by atoms with van der Waals surface area (Å²) in [5, 5.41) is 0. The minimum absolute atomic E-state index is 0.798. The number of ether oxygens (including phenoxy) is 2. The van der Waals surface area contributed by atoms with Crippen molar-refractivity contribution in [1.82, 2.24) is 0 Å². The van der Waals surface area contributed by atoms with Gasteiger partial charge in [-0.25, -0.2) is 0 Å². The maximum Gasteiger partial charge on any atom is 0.0466 e. The van der Waals surface area contributed by atoms with Gasteiger partial charge in [-0.3, -0.25) is 0 Å². The van der Waals surface area contributed by atoms with E-state index in [9.17, 15) is 0 Å². The van der Waals surface area contributed by atoms with Gasteiger partial charge in [0.05, 0.1) is 0 Å². The number of hydrogen-bond acceptors (Lipinski definition) is 2. The molecule has 79 valence electrons. The Kier molecular flexibility index (Phi) is 11.8. The molecule has 0 unspecified atom stereocenters. The smallest absolute Gasteiger partial charge is 0.0466 e. The van der Waals surface area contributed by atoms with E-state index in [2.05, 4.69) is 13.8 Å². The van der Waals surface area contributed by atoms with Crippen molar-refractivity contribution in [2.24, 2.45) is 0 Å². The van der Waals surface area contributed by atoms with E-state index in [1.165, 1.54) is 6.42 Å². The van der Waals surface area contributed by atoms with Gasteiger partial charge in [0.1, 0.15) is 0 Å². The molecule has 0 aromatic carbocycles. The number of hydrogen-bond donors (Lipinski definition) is 0. The van der Waals surface area contributed by atoms with E-state index < -0.39 is 0 Å². The molecule has 2 heteroatoms. The molecule has 0 aliphatic heterocycles. The monoisotopic (exact) mass is 187 g/mol. The quantitative estimate of drug-likeness (QED) is 0.490. The van der Waals surface area contributed by atoms with Crippen LogP contribution in [0.5, 0.6) is 0 Å². The lowest BCUT2D eigenvalue weighted by Gasteiger charge is -2.03. The fourth-order valence-corrected chi connectivity index (χ4v) is 1.04. The summed E-state index contributed by atoms with van der Waals surface area (Å²) in [4.78, 5) is 0. The van der Waals surface area contributed by atoms with Crippen LogP contribution >= 0.6 is 0 Å². The average Bonchev–Trinajstić information content (AvgIpc) is 2.16. The van der Waals surface area contributed by atoms with E-state index in [0.29, 0.717) is 0 Å². The van der Waals surface area contributed by atoms with Gasteiger partial charge in [0.2, 0.25) is 0 Å². The maximum atomic E-state index is 5.36. The zero-order valence-corrected chi connectivity index (χ0v) is 8.89. The second-order valence-electron chi connectivity index (χ2n) is 3.14. The summed E-state index contributed by atoms with van der Waals surface area (Å²) in [6, 6.07) is 0. The Labute approximate surface area is 82.6 Å². The SMILES string of the molecule is [CH2]CCOCCCCCOCCC. The summed E-state index contributed by atoms with van der Waals surface area (Å²) < 4.78 is 10.7. The van der Waals surface area contributed by atoms with Gasteiger partial charge in [0.15, 0.2) is 0 Å². The third-order valence-corrected chi connectivity index (χ3v) is 1.71. The summed E-state index contributed by atoms with van der Waals surface area (Å²) in [6.07, 6.45) is 5.51. The first-order valence-electron chi connectivity index (χ1n) is 5.36. The molecule has 0 aliphatic carbocycles. The highest BCUT2D eigenvalue weighted by molar-refractivity contribution is 4.42. The van der Waals surface area contributed by atoms with Crippen LogP contribution in [0.4, 0.5) is 0 Å². The van der Waals surface area contributed by atoms with Crippen LogP contribution in [0.2, 0.25) is 0 Å². The minimum atomic E-state index is 0.798. The lowest BCUT2D eigenvalue weighted by molar-refractivity contribution is 0.117. The van der Waals surface area contributed by atoms with Crippen molar-refractivity contribution in [3.63, 3.8) is 0 Å². The Bertz CT molecular complexity index is 74.2. The molecule has 0 amide bonds. The summed E-state index contributed by atoms with van der Waals surface area (Å²) in [6.45, 7) is 9.32. The molecule has 0 N–H and O–H groups in total. The van der Waals surface area contributed by atoms with Crippen LogP contribution in [0.15, 0.2) is 0 Å². The predicted octanol–water partition coefficient (Wildman–Crippen LogP) is 2.82. The predicted molar refractivity (Wildman–Crippen MR) is 55.8 cm³/mol. The van der Waals surface area contributed by atoms with E-state index >= 15 is 0 Å². The molecule has 1 radical (unpaired) electrons. The second kappa shape index (κ2) is 11.9. The molecule has 0 aromatic heterocycles. The van der Waals surface area contributed by atoms with Crippen LogP contribution in [0.1, 0.15) is 39.0 Å². The summed E-state index contributed by atoms with van der Waals surface area (Å²) >= 11 is 0. The topological polar surface area (TPSA) is 18.5 Å². The second-order valence-corrected chi connectivity index (χ2v) is 3.14. The minimum Gasteiger partial charge on any atom is -0.381 e. The van der Waals surface area contributed by atoms with Gasteiger partial charge in [-0.05, 0) is 32.1 Å². The fourth-order valence-electron chi connectivity index (χ4n) is 1.04. The molecule has 0 spiro atoms. The van der Waals surface area contributed by atoms with Gasteiger partial charge < -0.3 is 9.47 Å². The number of rotatable bonds is 10. The Balaban J connectivity index is 2.76. The average molecular weight is 187 g/mol. The van der Waals surface area contributed by atoms with Crippen molar-refractivity contribution >= 4 is 0 Å². The molecule has 0 atom stereocenters. The molecule has 0 aromatic rings. The van der Waals surface area contributed by atoms with Crippen LogP contribution < -0.4 is 0 Å². The molecule has 0 bridgehead atoms. The van der Waals surface area contributed by atoms with Gasteiger partial charge in [0.25, 0.3) is 0 Å². The van der Waals surface area contributed by atoms with Crippen LogP contribution in [0.3, 0.4) is 0 Å². The lowest BCUT2D eigenvalue weighted by atomic mass is 10.2. The fraction of sp³-hybridized carbons (Fsp3) is 0.909. The molecular formula is C11H23O2. The van der Waals surface area contributed by atoms with Crippen molar-refractivity contribution in [1.29, 1.82) is 0 Å². The molecule has 0 fully saturated rings. The van der Waals surface area contributed by atoms with E-state index in [4.69, 9.17) is 9.47 Å². The Hall–Kier alpha value is -0.0800. The summed E-state index contributed by atoms with van der Waals surface area (Å²) in [5.41, 5.74) is 0. The van der Waals surface area contributed by atoms with E-state index in [1.807, 2.05) is 0 Å². The van der Waals surface area contributed by atoms with Gasteiger partial charge in [-0.1, -0.05) is 13.8 Å². The normalized spacial score (nSPS) is 10.6. The Morgan fingerprint density at radius 3 is 2.00 bits per heavy atom. The van der Waals surface area contributed by atoms with Crippen LogP contribution in [-0.4, -0.2) is 26.4 Å². The van der Waals surface area contributed by atoms with Crippen LogP contribution in [0, 0.1) is 6.92 Å². The van der Waals surface area contributed by atoms with E-state index in [-0.39, 0.29) is 0 Å². The molecule has 0 aliphatic rings. The highest BCUT2D eigenvalue weighted by Gasteiger charge is 1.90. The molecule has 0 saturated heterocycles. The van der Waals surface area contributed by atoms with Gasteiger partial charge in [0, 0.05) is 26.4 Å². The highest BCUT2D eigenvalue weighted by Crippen LogP contribution is 1.97. The van der Waals surface area contributed by atoms with Crippen molar-refractivity contribution in [2.45, 2.75) is 39.0 Å². The maximum absolute atomic E-state index is 5.36. The van der Waals surface area contributed by atoms with Gasteiger partial charge in [-0.15, -0.1) is 0 Å². The van der Waals surface area contributed by atoms with Crippen LogP contribution in [-0.2, 0) is 9.47 Å². The third-order valence-electron chi connectivity index (χ3n) is 1.71. The molecule has 13 heavy (non-hydrogen) atoms. The molecule has 0 heterocycles. The van der Waals surface area contributed by atoms with Crippen LogP contribution in [0.25, 0.3) is 0 Å². The Morgan fingerprint density at radius 2 is 1.46 bits per heavy atom. The lowest BCUT2D eigenvalue weighted by Crippen LogP contribution is -1.98. The Morgan fingerprint density at radius 1 is 0.846 bits per heavy atom. The third kappa shape index (κ3) is 11.9. The van der Waals surface area contributed by atoms with Crippen molar-refractivity contribution in [3.8, 4) is 0 Å². The summed E-state index contributed by atoms with van der Waals surface area (Å²) in [7, 11) is 0. The number of unbranched alkanes of at least 4 members (excludes halogenated alkanes) is 2. The molecular weight excluding hydrogens is 164 g/mol. The highest BCUT2D eigenvalue weighted by atomic mass is 16.5. The van der Waals surface area contributed by atoms with Crippen molar-refractivity contribution in [3.05, 3.63) is 6.92 Å². The zero-order chi connectivity index (χ0) is 9.78. The summed E-state index contributed by atoms with van der Waals surface area (Å²) in [5.74, 6) is 0. The first kappa shape index (κ1) is 12.9. The van der Waals surface area contributed by atoms with Crippen molar-refractivity contribution < 1.29 is 9.47 Å². The molecule has 0 saturated carbocycles. The standard InChI is InChI=1S/C11H23O2/c1-3-8-12-10-6-5-7-11-13-9-4-2/h1,3-11H2,2H3. The van der Waals surface area contributed by atoms with Crippen molar-refractivity contribution in [2.75, 3.05) is 26.4 Å².